The van der Waals surface area contributed by atoms with Crippen molar-refractivity contribution in [1.29, 1.82) is 0 Å². The maximum atomic E-state index is 12.1. The summed E-state index contributed by atoms with van der Waals surface area (Å²) in [6.07, 6.45) is 0.958. The van der Waals surface area contributed by atoms with E-state index in [0.29, 0.717) is 10.6 Å². The van der Waals surface area contributed by atoms with Gasteiger partial charge in [0.1, 0.15) is 17.6 Å². The van der Waals surface area contributed by atoms with Gasteiger partial charge in [-0.2, -0.15) is 0 Å². The zero-order valence-electron chi connectivity index (χ0n) is 10.7. The molecule has 0 bridgehead atoms. The average Bonchev–Trinajstić information content (AvgIpc) is 2.45. The van der Waals surface area contributed by atoms with Gasteiger partial charge in [-0.15, -0.1) is 0 Å². The number of rotatable bonds is 4. The van der Waals surface area contributed by atoms with Gasteiger partial charge in [-0.3, -0.25) is 14.9 Å². The number of nitrogen functional groups attached to an aromatic ring is 1. The van der Waals surface area contributed by atoms with Gasteiger partial charge >= 0.3 is 0 Å². The van der Waals surface area contributed by atoms with Crippen molar-refractivity contribution in [2.24, 2.45) is 0 Å². The van der Waals surface area contributed by atoms with E-state index in [4.69, 9.17) is 17.3 Å². The molecule has 0 fully saturated rings. The number of nitrogens with zero attached hydrogens (tertiary/aromatic N) is 2. The number of nitro groups is 1. The second kappa shape index (κ2) is 6.19. The lowest BCUT2D eigenvalue weighted by atomic mass is 10.2. The third-order valence-corrected chi connectivity index (χ3v) is 3.11. The second-order valence-electron chi connectivity index (χ2n) is 4.16. The van der Waals surface area contributed by atoms with Gasteiger partial charge in [0.05, 0.1) is 4.92 Å². The first-order chi connectivity index (χ1) is 9.99. The first-order valence-corrected chi connectivity index (χ1v) is 6.28. The highest BCUT2D eigenvalue weighted by Crippen LogP contribution is 2.19. The van der Waals surface area contributed by atoms with Gasteiger partial charge in [0.2, 0.25) is 0 Å². The number of carbonyl (C=O) groups excluding carboxylic acids is 1. The largest absolute Gasteiger partial charge is 0.384 e. The van der Waals surface area contributed by atoms with Crippen LogP contribution in [0.5, 0.6) is 0 Å². The summed E-state index contributed by atoms with van der Waals surface area (Å²) in [5, 5.41) is 14.0. The summed E-state index contributed by atoms with van der Waals surface area (Å²) in [6, 6.07) is 8.15. The fraction of sp³-hybridized carbons (Fsp3) is 0.0769. The van der Waals surface area contributed by atoms with Gasteiger partial charge in [0.25, 0.3) is 11.6 Å². The van der Waals surface area contributed by atoms with Crippen LogP contribution in [0.1, 0.15) is 15.9 Å². The lowest BCUT2D eigenvalue weighted by molar-refractivity contribution is -0.385. The van der Waals surface area contributed by atoms with E-state index in [0.717, 1.165) is 6.20 Å². The molecule has 1 aromatic heterocycles. The van der Waals surface area contributed by atoms with Crippen molar-refractivity contribution in [2.75, 3.05) is 5.73 Å². The van der Waals surface area contributed by atoms with Crippen LogP contribution in [0.2, 0.25) is 5.02 Å². The number of anilines is 1. The second-order valence-corrected chi connectivity index (χ2v) is 4.56. The first-order valence-electron chi connectivity index (χ1n) is 5.90. The third kappa shape index (κ3) is 3.46. The summed E-state index contributed by atoms with van der Waals surface area (Å²) in [6.45, 7) is 0.151. The Hall–Kier alpha value is -2.67. The molecule has 0 atom stereocenters. The van der Waals surface area contributed by atoms with Gasteiger partial charge in [0, 0.05) is 11.6 Å². The van der Waals surface area contributed by atoms with Crippen LogP contribution in [0.3, 0.4) is 0 Å². The fourth-order valence-corrected chi connectivity index (χ4v) is 1.91. The predicted octanol–water partition coefficient (Wildman–Crippen LogP) is 2.16. The summed E-state index contributed by atoms with van der Waals surface area (Å²) in [4.78, 5) is 25.9. The van der Waals surface area contributed by atoms with Crippen molar-refractivity contribution in [2.45, 2.75) is 6.54 Å². The summed E-state index contributed by atoms with van der Waals surface area (Å²) in [7, 11) is 0. The lowest BCUT2D eigenvalue weighted by Gasteiger charge is -2.07. The molecule has 2 aromatic rings. The lowest BCUT2D eigenvalue weighted by Crippen LogP contribution is -2.24. The number of aromatic nitrogens is 1. The average molecular weight is 307 g/mol. The zero-order chi connectivity index (χ0) is 15.4. The molecule has 0 spiro atoms. The highest BCUT2D eigenvalue weighted by Gasteiger charge is 2.21. The molecule has 0 unspecified atom stereocenters. The highest BCUT2D eigenvalue weighted by molar-refractivity contribution is 6.31. The van der Waals surface area contributed by atoms with Gasteiger partial charge in [-0.25, -0.2) is 4.98 Å². The van der Waals surface area contributed by atoms with Gasteiger partial charge in [0.15, 0.2) is 0 Å². The number of pyridine rings is 1. The van der Waals surface area contributed by atoms with Crippen LogP contribution in [-0.4, -0.2) is 15.8 Å². The SMILES string of the molecule is Nc1cc(C(=O)NCc2ccccc2Cl)c([N+](=O)[O-])cn1. The molecule has 21 heavy (non-hydrogen) atoms. The molecule has 1 aromatic carbocycles. The van der Waals surface area contributed by atoms with E-state index in [2.05, 4.69) is 10.3 Å². The first kappa shape index (κ1) is 14.7. The number of amides is 1. The molecule has 1 heterocycles. The molecule has 1 amide bonds. The van der Waals surface area contributed by atoms with Crippen LogP contribution in [-0.2, 0) is 6.54 Å². The van der Waals surface area contributed by atoms with Crippen LogP contribution in [0.25, 0.3) is 0 Å². The van der Waals surface area contributed by atoms with E-state index in [1.165, 1.54) is 6.07 Å². The van der Waals surface area contributed by atoms with Crippen molar-refractivity contribution >= 4 is 29.0 Å². The number of hydrogen-bond acceptors (Lipinski definition) is 5. The third-order valence-electron chi connectivity index (χ3n) is 2.74. The monoisotopic (exact) mass is 306 g/mol. The zero-order valence-corrected chi connectivity index (χ0v) is 11.5. The molecular formula is C13H11ClN4O3. The molecular weight excluding hydrogens is 296 g/mol. The molecule has 3 N–H and O–H groups in total. The Morgan fingerprint density at radius 3 is 2.81 bits per heavy atom. The van der Waals surface area contributed by atoms with Gasteiger partial charge in [-0.1, -0.05) is 29.8 Å². The summed E-state index contributed by atoms with van der Waals surface area (Å²) in [5.41, 5.74) is 5.63. The maximum Gasteiger partial charge on any atom is 0.300 e. The molecule has 0 saturated carbocycles. The Bertz CT molecular complexity index is 706. The predicted molar refractivity (Wildman–Crippen MR) is 77.9 cm³/mol. The number of nitrogens with two attached hydrogens (primary N) is 1. The Balaban J connectivity index is 2.19. The molecule has 2 rings (SSSR count). The standard InChI is InChI=1S/C13H11ClN4O3/c14-10-4-2-1-3-8(10)6-17-13(19)9-5-12(15)16-7-11(9)18(20)21/h1-5,7H,6H2,(H2,15,16)(H,17,19). The van der Waals surface area contributed by atoms with Crippen LogP contribution in [0.4, 0.5) is 11.5 Å². The van der Waals surface area contributed by atoms with Crippen LogP contribution in [0, 0.1) is 10.1 Å². The molecule has 108 valence electrons. The number of hydrogen-bond donors (Lipinski definition) is 2. The number of benzene rings is 1. The molecule has 0 aliphatic rings. The van der Waals surface area contributed by atoms with E-state index in [1.54, 1.807) is 24.3 Å². The van der Waals surface area contributed by atoms with Crippen molar-refractivity contribution in [1.82, 2.24) is 10.3 Å². The molecule has 0 aliphatic carbocycles. The van der Waals surface area contributed by atoms with Crippen LogP contribution in [0.15, 0.2) is 36.5 Å². The minimum absolute atomic E-state index is 0.0310. The quantitative estimate of drug-likeness (QED) is 0.664. The van der Waals surface area contributed by atoms with Crippen molar-refractivity contribution in [3.63, 3.8) is 0 Å². The van der Waals surface area contributed by atoms with E-state index in [9.17, 15) is 14.9 Å². The van der Waals surface area contributed by atoms with Crippen molar-refractivity contribution < 1.29 is 9.72 Å². The molecule has 0 saturated heterocycles. The van der Waals surface area contributed by atoms with Crippen LogP contribution < -0.4 is 11.1 Å². The van der Waals surface area contributed by atoms with E-state index < -0.39 is 16.5 Å². The van der Waals surface area contributed by atoms with Gasteiger partial charge in [-0.05, 0) is 17.7 Å². The van der Waals surface area contributed by atoms with E-state index in [-0.39, 0.29) is 17.9 Å². The molecule has 8 heteroatoms. The Morgan fingerprint density at radius 2 is 2.14 bits per heavy atom. The summed E-state index contributed by atoms with van der Waals surface area (Å²) >= 11 is 5.97. The minimum atomic E-state index is -0.684. The number of carbonyl (C=O) groups is 1. The number of nitrogens with one attached hydrogen (secondary N) is 1. The highest BCUT2D eigenvalue weighted by atomic mass is 35.5. The summed E-state index contributed by atoms with van der Waals surface area (Å²) < 4.78 is 0. The molecule has 7 nitrogen and oxygen atoms in total. The van der Waals surface area contributed by atoms with E-state index in [1.807, 2.05) is 0 Å². The van der Waals surface area contributed by atoms with Crippen LogP contribution >= 0.6 is 11.6 Å². The summed E-state index contributed by atoms with van der Waals surface area (Å²) in [5.74, 6) is -0.584. The van der Waals surface area contributed by atoms with E-state index >= 15 is 0 Å². The Morgan fingerprint density at radius 1 is 1.43 bits per heavy atom. The maximum absolute atomic E-state index is 12.1. The normalized spacial score (nSPS) is 10.1. The Kier molecular flexibility index (Phi) is 4.34. The molecule has 0 radical (unpaired) electrons. The molecule has 0 aliphatic heterocycles. The number of halogens is 1. The topological polar surface area (TPSA) is 111 Å². The fourth-order valence-electron chi connectivity index (χ4n) is 1.70. The minimum Gasteiger partial charge on any atom is -0.384 e. The smallest absolute Gasteiger partial charge is 0.300 e. The van der Waals surface area contributed by atoms with Gasteiger partial charge < -0.3 is 11.1 Å². The van der Waals surface area contributed by atoms with Crippen molar-refractivity contribution in [3.05, 3.63) is 62.8 Å². The Labute approximate surface area is 124 Å². The van der Waals surface area contributed by atoms with Crippen molar-refractivity contribution in [3.8, 4) is 0 Å².